The van der Waals surface area contributed by atoms with Crippen LogP contribution in [0.5, 0.6) is 0 Å². The number of carbonyl (C=O) groups is 3. The summed E-state index contributed by atoms with van der Waals surface area (Å²) in [7, 11) is 0. The van der Waals surface area contributed by atoms with Crippen LogP contribution in [0.1, 0.15) is 45.6 Å². The van der Waals surface area contributed by atoms with Crippen LogP contribution < -0.4 is 10.6 Å². The molecule has 0 bridgehead atoms. The van der Waals surface area contributed by atoms with Crippen molar-refractivity contribution in [1.82, 2.24) is 15.2 Å². The van der Waals surface area contributed by atoms with Crippen LogP contribution >= 0.6 is 0 Å². The number of hydrogen-bond acceptors (Lipinski definition) is 4. The summed E-state index contributed by atoms with van der Waals surface area (Å²) in [6.07, 6.45) is 3.79. The molecule has 0 unspecified atom stereocenters. The minimum atomic E-state index is -0.889. The first-order valence-electron chi connectivity index (χ1n) is 8.97. The van der Waals surface area contributed by atoms with Gasteiger partial charge in [-0.25, -0.2) is 9.78 Å². The number of carbonyl (C=O) groups excluding carboxylic acids is 3. The summed E-state index contributed by atoms with van der Waals surface area (Å²) in [5.41, 5.74) is -0.110. The monoisotopic (exact) mass is 358 g/mol. The van der Waals surface area contributed by atoms with E-state index in [0.29, 0.717) is 24.6 Å². The molecule has 2 atom stereocenters. The smallest absolute Gasteiger partial charge is 0.323 e. The van der Waals surface area contributed by atoms with Crippen LogP contribution in [-0.4, -0.2) is 39.8 Å². The third-order valence-electron chi connectivity index (χ3n) is 5.19. The molecular formula is C19H26N4O3. The number of aromatic nitrogens is 1. The predicted molar refractivity (Wildman–Crippen MR) is 97.4 cm³/mol. The average molecular weight is 358 g/mol. The first-order chi connectivity index (χ1) is 12.1. The maximum atomic E-state index is 13.0. The van der Waals surface area contributed by atoms with E-state index in [1.165, 1.54) is 0 Å². The summed E-state index contributed by atoms with van der Waals surface area (Å²) in [5, 5.41) is 5.55. The molecule has 7 nitrogen and oxygen atoms in total. The largest absolute Gasteiger partial charge is 0.325 e. The summed E-state index contributed by atoms with van der Waals surface area (Å²) in [4.78, 5) is 42.9. The number of pyridine rings is 1. The van der Waals surface area contributed by atoms with Gasteiger partial charge in [-0.3, -0.25) is 14.5 Å². The maximum Gasteiger partial charge on any atom is 0.325 e. The molecule has 140 valence electrons. The number of amides is 4. The molecule has 7 heteroatoms. The lowest BCUT2D eigenvalue weighted by Crippen LogP contribution is -2.54. The standard InChI is InChI=1S/C19H26N4O3/c1-12-8-18(3,4)11-19(9-12)16(25)23(17(26)22-19)10-14(24)21-15-13(2)6-5-7-20-15/h5-7,12H,8-11H2,1-4H3,(H,22,26)(H,20,21,24)/t12-,19-/m1/s1. The molecule has 1 aliphatic carbocycles. The molecule has 2 N–H and O–H groups in total. The van der Waals surface area contributed by atoms with Gasteiger partial charge in [0.25, 0.3) is 5.91 Å². The number of nitrogens with zero attached hydrogens (tertiary/aromatic N) is 2. The van der Waals surface area contributed by atoms with E-state index in [4.69, 9.17) is 0 Å². The SMILES string of the molecule is Cc1cccnc1NC(=O)CN1C(=O)N[C@@]2(C[C@H](C)CC(C)(C)C2)C1=O. The lowest BCUT2D eigenvalue weighted by Gasteiger charge is -2.43. The molecule has 0 aromatic carbocycles. The van der Waals surface area contributed by atoms with Crippen molar-refractivity contribution < 1.29 is 14.4 Å². The van der Waals surface area contributed by atoms with E-state index in [1.807, 2.05) is 13.0 Å². The second kappa shape index (κ2) is 6.37. The minimum absolute atomic E-state index is 0.0378. The summed E-state index contributed by atoms with van der Waals surface area (Å²) < 4.78 is 0. The summed E-state index contributed by atoms with van der Waals surface area (Å²) in [6.45, 7) is 7.85. The summed E-state index contributed by atoms with van der Waals surface area (Å²) in [6, 6.07) is 3.11. The minimum Gasteiger partial charge on any atom is -0.323 e. The van der Waals surface area contributed by atoms with E-state index in [9.17, 15) is 14.4 Å². The van der Waals surface area contributed by atoms with Crippen molar-refractivity contribution in [2.24, 2.45) is 11.3 Å². The molecule has 1 saturated heterocycles. The fourth-order valence-corrected chi connectivity index (χ4v) is 4.58. The van der Waals surface area contributed by atoms with Gasteiger partial charge < -0.3 is 10.6 Å². The normalized spacial score (nSPS) is 27.5. The number of hydrogen-bond donors (Lipinski definition) is 2. The van der Waals surface area contributed by atoms with E-state index >= 15 is 0 Å². The molecule has 0 radical (unpaired) electrons. The van der Waals surface area contributed by atoms with Gasteiger partial charge in [-0.1, -0.05) is 26.8 Å². The van der Waals surface area contributed by atoms with Crippen LogP contribution in [0.15, 0.2) is 18.3 Å². The molecule has 1 saturated carbocycles. The Labute approximate surface area is 153 Å². The van der Waals surface area contributed by atoms with E-state index < -0.39 is 17.5 Å². The zero-order valence-electron chi connectivity index (χ0n) is 15.8. The quantitative estimate of drug-likeness (QED) is 0.812. The number of aryl methyl sites for hydroxylation is 1. The predicted octanol–water partition coefficient (Wildman–Crippen LogP) is 2.47. The van der Waals surface area contributed by atoms with Crippen molar-refractivity contribution in [1.29, 1.82) is 0 Å². The lowest BCUT2D eigenvalue weighted by atomic mass is 9.64. The van der Waals surface area contributed by atoms with Gasteiger partial charge in [0.1, 0.15) is 17.9 Å². The lowest BCUT2D eigenvalue weighted by molar-refractivity contribution is -0.136. The van der Waals surface area contributed by atoms with E-state index in [0.717, 1.165) is 16.9 Å². The highest BCUT2D eigenvalue weighted by molar-refractivity contribution is 6.10. The fourth-order valence-electron chi connectivity index (χ4n) is 4.58. The second-order valence-corrected chi connectivity index (χ2v) is 8.48. The highest BCUT2D eigenvalue weighted by Gasteiger charge is 2.56. The first-order valence-corrected chi connectivity index (χ1v) is 8.97. The third-order valence-corrected chi connectivity index (χ3v) is 5.19. The maximum absolute atomic E-state index is 13.0. The molecule has 1 aliphatic heterocycles. The van der Waals surface area contributed by atoms with Crippen LogP contribution in [-0.2, 0) is 9.59 Å². The molecule has 3 rings (SSSR count). The summed E-state index contributed by atoms with van der Waals surface area (Å²) >= 11 is 0. The van der Waals surface area contributed by atoms with Crippen molar-refractivity contribution in [2.75, 3.05) is 11.9 Å². The molecule has 1 aromatic heterocycles. The number of urea groups is 1. The first kappa shape index (κ1) is 18.4. The highest BCUT2D eigenvalue weighted by atomic mass is 16.2. The Kier molecular flexibility index (Phi) is 4.50. The Hall–Kier alpha value is -2.44. The van der Waals surface area contributed by atoms with Gasteiger partial charge in [-0.2, -0.15) is 0 Å². The zero-order valence-corrected chi connectivity index (χ0v) is 15.8. The van der Waals surface area contributed by atoms with E-state index in [2.05, 4.69) is 36.4 Å². The van der Waals surface area contributed by atoms with Crippen molar-refractivity contribution in [2.45, 2.75) is 52.5 Å². The van der Waals surface area contributed by atoms with E-state index in [1.54, 1.807) is 12.3 Å². The van der Waals surface area contributed by atoms with Crippen molar-refractivity contribution in [3.8, 4) is 0 Å². The van der Waals surface area contributed by atoms with Gasteiger partial charge in [-0.15, -0.1) is 0 Å². The topological polar surface area (TPSA) is 91.4 Å². The molecule has 1 aromatic rings. The van der Waals surface area contributed by atoms with Crippen molar-refractivity contribution >= 4 is 23.7 Å². The van der Waals surface area contributed by atoms with Gasteiger partial charge in [-0.05, 0) is 49.1 Å². The molecular weight excluding hydrogens is 332 g/mol. The summed E-state index contributed by atoms with van der Waals surface area (Å²) in [5.74, 6) is 0.0325. The van der Waals surface area contributed by atoms with Crippen LogP contribution in [0.3, 0.4) is 0 Å². The van der Waals surface area contributed by atoms with Gasteiger partial charge in [0.15, 0.2) is 0 Å². The molecule has 4 amide bonds. The second-order valence-electron chi connectivity index (χ2n) is 8.48. The number of nitrogens with one attached hydrogen (secondary N) is 2. The van der Waals surface area contributed by atoms with Crippen LogP contribution in [0.4, 0.5) is 10.6 Å². The molecule has 26 heavy (non-hydrogen) atoms. The van der Waals surface area contributed by atoms with Crippen LogP contribution in [0.2, 0.25) is 0 Å². The van der Waals surface area contributed by atoms with Gasteiger partial charge in [0, 0.05) is 6.20 Å². The van der Waals surface area contributed by atoms with Crippen LogP contribution in [0.25, 0.3) is 0 Å². The van der Waals surface area contributed by atoms with E-state index in [-0.39, 0.29) is 17.9 Å². The van der Waals surface area contributed by atoms with Gasteiger partial charge in [0.2, 0.25) is 5.91 Å². The fraction of sp³-hybridized carbons (Fsp3) is 0.579. The number of rotatable bonds is 3. The van der Waals surface area contributed by atoms with Crippen LogP contribution in [0, 0.1) is 18.3 Å². The molecule has 2 fully saturated rings. The highest BCUT2D eigenvalue weighted by Crippen LogP contribution is 2.46. The van der Waals surface area contributed by atoms with Crippen molar-refractivity contribution in [3.63, 3.8) is 0 Å². The average Bonchev–Trinajstić information content (AvgIpc) is 2.71. The van der Waals surface area contributed by atoms with Crippen molar-refractivity contribution in [3.05, 3.63) is 23.9 Å². The molecule has 2 heterocycles. The Morgan fingerprint density at radius 1 is 1.38 bits per heavy atom. The number of anilines is 1. The number of imide groups is 1. The Bertz CT molecular complexity index is 761. The Balaban J connectivity index is 1.73. The Morgan fingerprint density at radius 2 is 2.12 bits per heavy atom. The molecule has 2 aliphatic rings. The van der Waals surface area contributed by atoms with Gasteiger partial charge in [0.05, 0.1) is 0 Å². The zero-order chi connectivity index (χ0) is 19.1. The van der Waals surface area contributed by atoms with Gasteiger partial charge >= 0.3 is 6.03 Å². The molecule has 1 spiro atoms. The third kappa shape index (κ3) is 3.43. The Morgan fingerprint density at radius 3 is 2.77 bits per heavy atom.